The first-order valence-corrected chi connectivity index (χ1v) is 6.53. The van der Waals surface area contributed by atoms with E-state index in [0.29, 0.717) is 11.5 Å². The molecular formula is C15H23NO. The van der Waals surface area contributed by atoms with Crippen molar-refractivity contribution in [2.75, 3.05) is 5.32 Å². The van der Waals surface area contributed by atoms with Crippen molar-refractivity contribution in [2.24, 2.45) is 5.41 Å². The van der Waals surface area contributed by atoms with E-state index >= 15 is 0 Å². The lowest BCUT2D eigenvalue weighted by atomic mass is 10.0. The van der Waals surface area contributed by atoms with Crippen LogP contribution in [0.5, 0.6) is 5.75 Å². The molecule has 0 saturated heterocycles. The Morgan fingerprint density at radius 3 is 2.18 bits per heavy atom. The largest absolute Gasteiger partial charge is 0.491 e. The third-order valence-corrected chi connectivity index (χ3v) is 3.69. The van der Waals surface area contributed by atoms with Crippen molar-refractivity contribution < 1.29 is 4.74 Å². The van der Waals surface area contributed by atoms with Gasteiger partial charge in [0.2, 0.25) is 0 Å². The first kappa shape index (κ1) is 12.3. The molecule has 0 heterocycles. The van der Waals surface area contributed by atoms with Gasteiger partial charge in [0.15, 0.2) is 0 Å². The molecule has 1 aliphatic rings. The number of hydrogen-bond donors (Lipinski definition) is 1. The molecule has 1 aliphatic carbocycles. The molecule has 0 aromatic heterocycles. The maximum Gasteiger partial charge on any atom is 0.119 e. The first-order valence-electron chi connectivity index (χ1n) is 6.53. The van der Waals surface area contributed by atoms with E-state index in [-0.39, 0.29) is 6.10 Å². The molecule has 0 amide bonds. The lowest BCUT2D eigenvalue weighted by molar-refractivity contribution is 0.242. The summed E-state index contributed by atoms with van der Waals surface area (Å²) in [5.74, 6) is 0.941. The van der Waals surface area contributed by atoms with Gasteiger partial charge in [-0.2, -0.15) is 0 Å². The molecule has 1 saturated carbocycles. The Labute approximate surface area is 104 Å². The van der Waals surface area contributed by atoms with Crippen molar-refractivity contribution >= 4 is 5.69 Å². The molecule has 1 atom stereocenters. The average Bonchev–Trinajstić information content (AvgIpc) is 3.00. The predicted octanol–water partition coefficient (Wildman–Crippen LogP) is 4.07. The normalized spacial score (nSPS) is 18.9. The van der Waals surface area contributed by atoms with Crippen LogP contribution in [-0.4, -0.2) is 12.1 Å². The highest BCUT2D eigenvalue weighted by molar-refractivity contribution is 5.47. The number of hydrogen-bond acceptors (Lipinski definition) is 2. The van der Waals surface area contributed by atoms with Gasteiger partial charge in [-0.1, -0.05) is 6.92 Å². The monoisotopic (exact) mass is 233 g/mol. The summed E-state index contributed by atoms with van der Waals surface area (Å²) in [5.41, 5.74) is 1.69. The van der Waals surface area contributed by atoms with Gasteiger partial charge < -0.3 is 10.1 Å². The smallest absolute Gasteiger partial charge is 0.119 e. The van der Waals surface area contributed by atoms with Crippen molar-refractivity contribution in [1.82, 2.24) is 0 Å². The summed E-state index contributed by atoms with van der Waals surface area (Å²) in [6, 6.07) is 8.80. The van der Waals surface area contributed by atoms with Gasteiger partial charge in [0.25, 0.3) is 0 Å². The van der Waals surface area contributed by atoms with Crippen molar-refractivity contribution in [2.45, 2.75) is 52.7 Å². The molecule has 0 radical (unpaired) electrons. The van der Waals surface area contributed by atoms with Crippen LogP contribution >= 0.6 is 0 Å². The molecule has 94 valence electrons. The van der Waals surface area contributed by atoms with Gasteiger partial charge in [0, 0.05) is 11.7 Å². The fraction of sp³-hybridized carbons (Fsp3) is 0.600. The van der Waals surface area contributed by atoms with E-state index in [4.69, 9.17) is 4.74 Å². The van der Waals surface area contributed by atoms with Gasteiger partial charge in [0.1, 0.15) is 5.75 Å². The second-order valence-electron chi connectivity index (χ2n) is 5.71. The molecule has 2 nitrogen and oxygen atoms in total. The van der Waals surface area contributed by atoms with Crippen molar-refractivity contribution in [3.8, 4) is 5.75 Å². The van der Waals surface area contributed by atoms with Crippen LogP contribution < -0.4 is 10.1 Å². The Hall–Kier alpha value is -1.18. The maximum atomic E-state index is 5.63. The number of anilines is 1. The summed E-state index contributed by atoms with van der Waals surface area (Å²) in [6.45, 7) is 8.71. The SMILES string of the molecule is CC(C)Oc1ccc(NC(C)C2(C)CC2)cc1. The van der Waals surface area contributed by atoms with Crippen molar-refractivity contribution in [3.05, 3.63) is 24.3 Å². The quantitative estimate of drug-likeness (QED) is 0.827. The molecular weight excluding hydrogens is 210 g/mol. The second-order valence-corrected chi connectivity index (χ2v) is 5.71. The summed E-state index contributed by atoms with van der Waals surface area (Å²) in [5, 5.41) is 3.57. The third-order valence-electron chi connectivity index (χ3n) is 3.69. The number of ether oxygens (including phenoxy) is 1. The van der Waals surface area contributed by atoms with Crippen LogP contribution in [0.4, 0.5) is 5.69 Å². The topological polar surface area (TPSA) is 21.3 Å². The fourth-order valence-corrected chi connectivity index (χ4v) is 1.96. The Bertz CT molecular complexity index is 365. The maximum absolute atomic E-state index is 5.63. The Morgan fingerprint density at radius 2 is 1.71 bits per heavy atom. The fourth-order valence-electron chi connectivity index (χ4n) is 1.96. The van der Waals surface area contributed by atoms with E-state index in [2.05, 4.69) is 31.3 Å². The van der Waals surface area contributed by atoms with Gasteiger partial charge in [-0.25, -0.2) is 0 Å². The second kappa shape index (κ2) is 4.59. The van der Waals surface area contributed by atoms with Crippen molar-refractivity contribution in [3.63, 3.8) is 0 Å². The van der Waals surface area contributed by atoms with E-state index < -0.39 is 0 Å². The molecule has 0 spiro atoms. The predicted molar refractivity (Wildman–Crippen MR) is 72.6 cm³/mol. The van der Waals surface area contributed by atoms with Gasteiger partial charge >= 0.3 is 0 Å². The molecule has 0 bridgehead atoms. The lowest BCUT2D eigenvalue weighted by Crippen LogP contribution is -2.24. The zero-order chi connectivity index (χ0) is 12.5. The third kappa shape index (κ3) is 3.15. The lowest BCUT2D eigenvalue weighted by Gasteiger charge is -2.21. The van der Waals surface area contributed by atoms with Crippen LogP contribution in [0.25, 0.3) is 0 Å². The molecule has 2 rings (SSSR count). The minimum Gasteiger partial charge on any atom is -0.491 e. The summed E-state index contributed by atoms with van der Waals surface area (Å²) < 4.78 is 5.63. The minimum atomic E-state index is 0.234. The van der Waals surface area contributed by atoms with Crippen LogP contribution in [0.3, 0.4) is 0 Å². The molecule has 1 aromatic carbocycles. The zero-order valence-corrected chi connectivity index (χ0v) is 11.3. The van der Waals surface area contributed by atoms with E-state index in [1.165, 1.54) is 18.5 Å². The standard InChI is InChI=1S/C15H23NO/c1-11(2)17-14-7-5-13(6-8-14)16-12(3)15(4)9-10-15/h5-8,11-12,16H,9-10H2,1-4H3. The van der Waals surface area contributed by atoms with E-state index in [0.717, 1.165) is 5.75 Å². The molecule has 1 aromatic rings. The molecule has 1 fully saturated rings. The van der Waals surface area contributed by atoms with Crippen LogP contribution in [0.15, 0.2) is 24.3 Å². The van der Waals surface area contributed by atoms with E-state index in [9.17, 15) is 0 Å². The molecule has 1 unspecified atom stereocenters. The van der Waals surface area contributed by atoms with E-state index in [1.807, 2.05) is 26.0 Å². The molecule has 0 aliphatic heterocycles. The summed E-state index contributed by atoms with van der Waals surface area (Å²) >= 11 is 0. The highest BCUT2D eigenvalue weighted by Gasteiger charge is 2.42. The zero-order valence-electron chi connectivity index (χ0n) is 11.3. The van der Waals surface area contributed by atoms with Gasteiger partial charge in [-0.3, -0.25) is 0 Å². The highest BCUT2D eigenvalue weighted by atomic mass is 16.5. The van der Waals surface area contributed by atoms with Crippen LogP contribution in [0.2, 0.25) is 0 Å². The summed E-state index contributed by atoms with van der Waals surface area (Å²) in [6.07, 6.45) is 2.92. The van der Waals surface area contributed by atoms with Crippen LogP contribution in [-0.2, 0) is 0 Å². The minimum absolute atomic E-state index is 0.234. The molecule has 2 heteroatoms. The van der Waals surface area contributed by atoms with Crippen LogP contribution in [0, 0.1) is 5.41 Å². The number of benzene rings is 1. The summed E-state index contributed by atoms with van der Waals surface area (Å²) in [4.78, 5) is 0. The van der Waals surface area contributed by atoms with Gasteiger partial charge in [-0.15, -0.1) is 0 Å². The molecule has 17 heavy (non-hydrogen) atoms. The number of rotatable bonds is 5. The Kier molecular flexibility index (Phi) is 3.32. The van der Waals surface area contributed by atoms with Crippen LogP contribution in [0.1, 0.15) is 40.5 Å². The van der Waals surface area contributed by atoms with Gasteiger partial charge in [0.05, 0.1) is 6.10 Å². The highest BCUT2D eigenvalue weighted by Crippen LogP contribution is 2.48. The summed E-state index contributed by atoms with van der Waals surface area (Å²) in [7, 11) is 0. The molecule has 1 N–H and O–H groups in total. The number of nitrogens with one attached hydrogen (secondary N) is 1. The van der Waals surface area contributed by atoms with Gasteiger partial charge in [-0.05, 0) is 63.3 Å². The van der Waals surface area contributed by atoms with Crippen molar-refractivity contribution in [1.29, 1.82) is 0 Å². The Balaban J connectivity index is 1.93. The average molecular weight is 233 g/mol. The van der Waals surface area contributed by atoms with E-state index in [1.54, 1.807) is 0 Å². The first-order chi connectivity index (χ1) is 7.99. The Morgan fingerprint density at radius 1 is 1.12 bits per heavy atom.